The van der Waals surface area contributed by atoms with Gasteiger partial charge >= 0.3 is 0 Å². The number of pyridine rings is 1. The number of rotatable bonds is 5. The van der Waals surface area contributed by atoms with Crippen LogP contribution >= 0.6 is 0 Å². The first-order valence-electron chi connectivity index (χ1n) is 12.5. The average Bonchev–Trinajstić information content (AvgIpc) is 3.48. The summed E-state index contributed by atoms with van der Waals surface area (Å²) in [6, 6.07) is 6.23. The van der Waals surface area contributed by atoms with Crippen LogP contribution in [0.4, 0.5) is 15.8 Å². The van der Waals surface area contributed by atoms with Crippen LogP contribution in [0.15, 0.2) is 49.3 Å². The summed E-state index contributed by atoms with van der Waals surface area (Å²) in [5.74, 6) is 5.63. The molecule has 2 aromatic heterocycles. The largest absolute Gasteiger partial charge is 0.492 e. The predicted octanol–water partition coefficient (Wildman–Crippen LogP) is 4.17. The molecule has 1 saturated heterocycles. The summed E-state index contributed by atoms with van der Waals surface area (Å²) in [5.41, 5.74) is 4.09. The van der Waals surface area contributed by atoms with Gasteiger partial charge in [0.1, 0.15) is 0 Å². The Balaban J connectivity index is 1.61. The van der Waals surface area contributed by atoms with Gasteiger partial charge in [-0.05, 0) is 44.0 Å². The van der Waals surface area contributed by atoms with E-state index in [4.69, 9.17) is 4.74 Å². The number of benzene rings is 1. The van der Waals surface area contributed by atoms with E-state index in [0.29, 0.717) is 41.2 Å². The number of ether oxygens (including phenoxy) is 1. The molecular weight excluding hydrogens is 485 g/mol. The minimum Gasteiger partial charge on any atom is -0.492 e. The summed E-state index contributed by atoms with van der Waals surface area (Å²) >= 11 is 0. The zero-order chi connectivity index (χ0) is 26.8. The SMILES string of the molecule is C=CC(=O)N1[C@H](C)CC[C@H]1C#Cc1cnccc1-c1[nH]c2c(c1Nc1cccc(F)c1OC)C(=O)NCC2. The maximum Gasteiger partial charge on any atom is 0.255 e. The quantitative estimate of drug-likeness (QED) is 0.351. The van der Waals surface area contributed by atoms with E-state index in [1.54, 1.807) is 29.4 Å². The van der Waals surface area contributed by atoms with Crippen LogP contribution in [0.2, 0.25) is 0 Å². The number of H-pyrrole nitrogens is 1. The lowest BCUT2D eigenvalue weighted by molar-refractivity contribution is -0.127. The van der Waals surface area contributed by atoms with Crippen LogP contribution in [-0.4, -0.2) is 52.4 Å². The average molecular weight is 514 g/mol. The smallest absolute Gasteiger partial charge is 0.255 e. The van der Waals surface area contributed by atoms with Crippen molar-refractivity contribution < 1.29 is 18.7 Å². The highest BCUT2D eigenvalue weighted by molar-refractivity contribution is 6.06. The highest BCUT2D eigenvalue weighted by Crippen LogP contribution is 2.40. The van der Waals surface area contributed by atoms with Gasteiger partial charge in [-0.3, -0.25) is 14.6 Å². The van der Waals surface area contributed by atoms with Crippen molar-refractivity contribution in [3.8, 4) is 28.8 Å². The van der Waals surface area contributed by atoms with E-state index >= 15 is 0 Å². The summed E-state index contributed by atoms with van der Waals surface area (Å²) < 4.78 is 19.7. The molecule has 0 aliphatic carbocycles. The number of amides is 2. The molecule has 0 bridgehead atoms. The third kappa shape index (κ3) is 4.50. The number of carbonyl (C=O) groups excluding carboxylic acids is 2. The van der Waals surface area contributed by atoms with Crippen molar-refractivity contribution in [3.05, 3.63) is 72.0 Å². The molecule has 38 heavy (non-hydrogen) atoms. The molecule has 3 aromatic rings. The Kier molecular flexibility index (Phi) is 6.88. The van der Waals surface area contributed by atoms with Crippen molar-refractivity contribution in [2.24, 2.45) is 0 Å². The van der Waals surface area contributed by atoms with Crippen molar-refractivity contribution in [2.45, 2.75) is 38.3 Å². The van der Waals surface area contributed by atoms with E-state index in [1.807, 2.05) is 13.0 Å². The first-order valence-corrected chi connectivity index (χ1v) is 12.5. The number of hydrogen-bond donors (Lipinski definition) is 3. The monoisotopic (exact) mass is 513 g/mol. The lowest BCUT2D eigenvalue weighted by Gasteiger charge is -2.23. The number of nitrogens with zero attached hydrogens (tertiary/aromatic N) is 2. The molecule has 2 atom stereocenters. The van der Waals surface area contributed by atoms with Crippen molar-refractivity contribution >= 4 is 23.2 Å². The Labute approximate surface area is 220 Å². The third-order valence-corrected chi connectivity index (χ3v) is 6.96. The highest BCUT2D eigenvalue weighted by Gasteiger charge is 2.32. The second kappa shape index (κ2) is 10.4. The normalized spacial score (nSPS) is 18.2. The first kappa shape index (κ1) is 25.1. The third-order valence-electron chi connectivity index (χ3n) is 6.96. The molecular formula is C29H28FN5O3. The molecule has 5 rings (SSSR count). The fraction of sp³-hybridized carbons (Fsp3) is 0.276. The number of aromatic amines is 1. The number of methoxy groups -OCH3 is 1. The van der Waals surface area contributed by atoms with Crippen LogP contribution in [0.3, 0.4) is 0 Å². The van der Waals surface area contributed by atoms with E-state index in [-0.39, 0.29) is 29.6 Å². The van der Waals surface area contributed by atoms with Gasteiger partial charge in [0.05, 0.1) is 41.3 Å². The summed E-state index contributed by atoms with van der Waals surface area (Å²) in [6.45, 7) is 6.13. The van der Waals surface area contributed by atoms with Crippen LogP contribution in [0.1, 0.15) is 41.4 Å². The topological polar surface area (TPSA) is 99.3 Å². The summed E-state index contributed by atoms with van der Waals surface area (Å²) in [4.78, 5) is 34.8. The molecule has 0 radical (unpaired) electrons. The fourth-order valence-electron chi connectivity index (χ4n) is 5.13. The Hall–Kier alpha value is -4.58. The molecule has 0 saturated carbocycles. The number of aromatic nitrogens is 2. The molecule has 8 nitrogen and oxygen atoms in total. The Morgan fingerprint density at radius 1 is 1.34 bits per heavy atom. The minimum absolute atomic E-state index is 0.0432. The van der Waals surface area contributed by atoms with E-state index in [0.717, 1.165) is 24.1 Å². The number of halogens is 1. The molecule has 4 heterocycles. The first-order chi connectivity index (χ1) is 18.4. The lowest BCUT2D eigenvalue weighted by Crippen LogP contribution is -2.38. The summed E-state index contributed by atoms with van der Waals surface area (Å²) in [5, 5.41) is 6.12. The number of anilines is 2. The standard InChI is InChI=1S/C29H28FN5O3/c1-4-24(36)35-17(2)8-10-19(35)11-9-18-16-31-14-12-20(18)26-27(25-22(33-26)13-15-32-29(25)37)34-23-7-5-6-21(30)28(23)38-3/h4-7,12,14,16-17,19,33-34H,1,8,10,13,15H2,2-3H3,(H,32,37)/t17-,19+/m1/s1. The zero-order valence-corrected chi connectivity index (χ0v) is 21.2. The minimum atomic E-state index is -0.521. The van der Waals surface area contributed by atoms with Crippen molar-refractivity contribution in [1.29, 1.82) is 0 Å². The van der Waals surface area contributed by atoms with E-state index in [9.17, 15) is 14.0 Å². The number of nitrogens with one attached hydrogen (secondary N) is 3. The van der Waals surface area contributed by atoms with Gasteiger partial charge in [-0.15, -0.1) is 0 Å². The van der Waals surface area contributed by atoms with Gasteiger partial charge in [-0.2, -0.15) is 0 Å². The summed E-state index contributed by atoms with van der Waals surface area (Å²) in [6.07, 6.45) is 6.87. The van der Waals surface area contributed by atoms with Crippen molar-refractivity contribution in [1.82, 2.24) is 20.2 Å². The second-order valence-corrected chi connectivity index (χ2v) is 9.26. The molecule has 0 unspecified atom stereocenters. The Morgan fingerprint density at radius 2 is 2.18 bits per heavy atom. The molecule has 2 amide bonds. The van der Waals surface area contributed by atoms with Gasteiger partial charge < -0.3 is 25.3 Å². The second-order valence-electron chi connectivity index (χ2n) is 9.26. The predicted molar refractivity (Wildman–Crippen MR) is 143 cm³/mol. The van der Waals surface area contributed by atoms with Crippen LogP contribution in [0.25, 0.3) is 11.3 Å². The van der Waals surface area contributed by atoms with Crippen molar-refractivity contribution in [3.63, 3.8) is 0 Å². The van der Waals surface area contributed by atoms with Crippen LogP contribution in [-0.2, 0) is 11.2 Å². The van der Waals surface area contributed by atoms with Gasteiger partial charge in [0.2, 0.25) is 5.91 Å². The number of para-hydroxylation sites is 1. The van der Waals surface area contributed by atoms with Crippen LogP contribution < -0.4 is 15.4 Å². The number of hydrogen-bond acceptors (Lipinski definition) is 5. The highest BCUT2D eigenvalue weighted by atomic mass is 19.1. The molecule has 3 N–H and O–H groups in total. The molecule has 2 aliphatic rings. The van der Waals surface area contributed by atoms with Gasteiger partial charge in [0.15, 0.2) is 11.6 Å². The molecule has 2 aliphatic heterocycles. The van der Waals surface area contributed by atoms with Crippen LogP contribution in [0, 0.1) is 17.7 Å². The lowest BCUT2D eigenvalue weighted by atomic mass is 10.0. The molecule has 1 aromatic carbocycles. The number of carbonyl (C=O) groups is 2. The molecule has 0 spiro atoms. The summed E-state index contributed by atoms with van der Waals surface area (Å²) in [7, 11) is 1.39. The molecule has 194 valence electrons. The van der Waals surface area contributed by atoms with Crippen LogP contribution in [0.5, 0.6) is 5.75 Å². The van der Waals surface area contributed by atoms with Crippen molar-refractivity contribution in [2.75, 3.05) is 19.0 Å². The van der Waals surface area contributed by atoms with Gasteiger partial charge in [-0.1, -0.05) is 24.5 Å². The fourth-order valence-corrected chi connectivity index (χ4v) is 5.13. The maximum atomic E-state index is 14.5. The maximum absolute atomic E-state index is 14.5. The Bertz CT molecular complexity index is 1490. The zero-order valence-electron chi connectivity index (χ0n) is 21.2. The number of likely N-dealkylation sites (tertiary alicyclic amines) is 1. The van der Waals surface area contributed by atoms with Gasteiger partial charge in [0, 0.05) is 42.7 Å². The molecule has 9 heteroatoms. The van der Waals surface area contributed by atoms with E-state index in [2.05, 4.69) is 39.0 Å². The molecule has 1 fully saturated rings. The number of fused-ring (bicyclic) bond motifs is 1. The Morgan fingerprint density at radius 3 is 2.97 bits per heavy atom. The van der Waals surface area contributed by atoms with E-state index < -0.39 is 5.82 Å². The van der Waals surface area contributed by atoms with E-state index in [1.165, 1.54) is 19.3 Å². The van der Waals surface area contributed by atoms with Gasteiger partial charge in [-0.25, -0.2) is 4.39 Å². The van der Waals surface area contributed by atoms with Gasteiger partial charge in [0.25, 0.3) is 5.91 Å².